The van der Waals surface area contributed by atoms with Crippen LogP contribution in [0.25, 0.3) is 10.8 Å². The minimum absolute atomic E-state index is 0.218. The summed E-state index contributed by atoms with van der Waals surface area (Å²) in [7, 11) is 0. The van der Waals surface area contributed by atoms with E-state index in [9.17, 15) is 9.50 Å². The fourth-order valence-electron chi connectivity index (χ4n) is 2.64. The van der Waals surface area contributed by atoms with E-state index >= 15 is 0 Å². The van der Waals surface area contributed by atoms with Crippen molar-refractivity contribution in [3.63, 3.8) is 0 Å². The predicted molar refractivity (Wildman–Crippen MR) is 93.2 cm³/mol. The molecule has 2 nitrogen and oxygen atoms in total. The summed E-state index contributed by atoms with van der Waals surface area (Å²) in [6, 6.07) is 19.2. The molecule has 0 saturated carbocycles. The van der Waals surface area contributed by atoms with Gasteiger partial charge in [-0.3, -0.25) is 0 Å². The number of hydrogen-bond donors (Lipinski definition) is 2. The van der Waals surface area contributed by atoms with Crippen LogP contribution in [0.15, 0.2) is 60.7 Å². The zero-order valence-electron chi connectivity index (χ0n) is 13.1. The summed E-state index contributed by atoms with van der Waals surface area (Å²) in [6.07, 6.45) is 0.0239. The monoisotopic (exact) mass is 309 g/mol. The van der Waals surface area contributed by atoms with Crippen LogP contribution in [0.1, 0.15) is 23.7 Å². The lowest BCUT2D eigenvalue weighted by molar-refractivity contribution is 0.172. The Morgan fingerprint density at radius 2 is 1.78 bits per heavy atom. The second kappa shape index (κ2) is 6.80. The highest BCUT2D eigenvalue weighted by Crippen LogP contribution is 2.22. The van der Waals surface area contributed by atoms with E-state index in [-0.39, 0.29) is 5.82 Å². The number of rotatable bonds is 5. The molecule has 0 heterocycles. The summed E-state index contributed by atoms with van der Waals surface area (Å²) in [5.41, 5.74) is 2.27. The lowest BCUT2D eigenvalue weighted by Gasteiger charge is -2.13. The summed E-state index contributed by atoms with van der Waals surface area (Å²) >= 11 is 0. The largest absolute Gasteiger partial charge is 0.388 e. The van der Waals surface area contributed by atoms with Crippen LogP contribution < -0.4 is 5.32 Å². The van der Waals surface area contributed by atoms with Crippen LogP contribution in [-0.2, 0) is 0 Å². The van der Waals surface area contributed by atoms with Crippen molar-refractivity contribution in [1.29, 1.82) is 0 Å². The highest BCUT2D eigenvalue weighted by atomic mass is 19.1. The maximum atomic E-state index is 13.5. The Hall–Kier alpha value is -2.39. The van der Waals surface area contributed by atoms with Crippen LogP contribution in [0.5, 0.6) is 0 Å². The van der Waals surface area contributed by atoms with E-state index in [0.29, 0.717) is 18.5 Å². The molecule has 3 aromatic rings. The molecule has 3 heteroatoms. The van der Waals surface area contributed by atoms with Crippen molar-refractivity contribution in [3.05, 3.63) is 77.6 Å². The SMILES string of the molecule is Cc1ccc(NCC[C@@H](O)c2ccc3ccccc3c2)cc1F. The number of aliphatic hydroxyl groups excluding tert-OH is 1. The fourth-order valence-corrected chi connectivity index (χ4v) is 2.64. The Balaban J connectivity index is 1.61. The molecular weight excluding hydrogens is 289 g/mol. The zero-order chi connectivity index (χ0) is 16.2. The van der Waals surface area contributed by atoms with Gasteiger partial charge in [-0.1, -0.05) is 42.5 Å². The van der Waals surface area contributed by atoms with Gasteiger partial charge in [-0.15, -0.1) is 0 Å². The normalized spacial score (nSPS) is 12.3. The van der Waals surface area contributed by atoms with Gasteiger partial charge in [0.15, 0.2) is 0 Å². The number of anilines is 1. The standard InChI is InChI=1S/C20H20FNO/c1-14-6-9-18(13-19(14)21)22-11-10-20(23)17-8-7-15-4-2-3-5-16(15)12-17/h2-9,12-13,20,22-23H,10-11H2,1H3/t20-/m1/s1. The molecule has 0 radical (unpaired) electrons. The van der Waals surface area contributed by atoms with Crippen molar-refractivity contribution in [2.75, 3.05) is 11.9 Å². The lowest BCUT2D eigenvalue weighted by atomic mass is 10.0. The van der Waals surface area contributed by atoms with Crippen LogP contribution in [0, 0.1) is 12.7 Å². The second-order valence-electron chi connectivity index (χ2n) is 5.80. The quantitative estimate of drug-likeness (QED) is 0.708. The maximum Gasteiger partial charge on any atom is 0.128 e. The Morgan fingerprint density at radius 3 is 2.57 bits per heavy atom. The summed E-state index contributed by atoms with van der Waals surface area (Å²) in [5.74, 6) is -0.218. The maximum absolute atomic E-state index is 13.5. The first-order chi connectivity index (χ1) is 11.1. The van der Waals surface area contributed by atoms with Crippen LogP contribution >= 0.6 is 0 Å². The molecule has 0 unspecified atom stereocenters. The van der Waals surface area contributed by atoms with E-state index in [0.717, 1.165) is 22.0 Å². The van der Waals surface area contributed by atoms with E-state index in [1.54, 1.807) is 13.0 Å². The third kappa shape index (κ3) is 3.69. The Bertz CT molecular complexity index is 816. The minimum Gasteiger partial charge on any atom is -0.388 e. The van der Waals surface area contributed by atoms with E-state index in [4.69, 9.17) is 0 Å². The van der Waals surface area contributed by atoms with Crippen molar-refractivity contribution in [1.82, 2.24) is 0 Å². The number of halogens is 1. The van der Waals surface area contributed by atoms with Gasteiger partial charge in [-0.25, -0.2) is 4.39 Å². The van der Waals surface area contributed by atoms with Crippen LogP contribution in [-0.4, -0.2) is 11.7 Å². The summed E-state index contributed by atoms with van der Waals surface area (Å²) in [4.78, 5) is 0. The molecule has 2 N–H and O–H groups in total. The average Bonchev–Trinajstić information content (AvgIpc) is 2.57. The zero-order valence-corrected chi connectivity index (χ0v) is 13.1. The molecule has 0 aliphatic carbocycles. The molecule has 0 spiro atoms. The Labute approximate surface area is 135 Å². The van der Waals surface area contributed by atoms with Gasteiger partial charge < -0.3 is 10.4 Å². The second-order valence-corrected chi connectivity index (χ2v) is 5.80. The van der Waals surface area contributed by atoms with Crippen molar-refractivity contribution in [3.8, 4) is 0 Å². The first-order valence-electron chi connectivity index (χ1n) is 7.80. The lowest BCUT2D eigenvalue weighted by Crippen LogP contribution is -2.08. The fraction of sp³-hybridized carbons (Fsp3) is 0.200. The molecule has 0 saturated heterocycles. The molecule has 0 aliphatic rings. The summed E-state index contributed by atoms with van der Waals surface area (Å²) in [5, 5.41) is 15.8. The first kappa shape index (κ1) is 15.5. The molecule has 1 atom stereocenters. The van der Waals surface area contributed by atoms with Gasteiger partial charge in [-0.2, -0.15) is 0 Å². The highest BCUT2D eigenvalue weighted by molar-refractivity contribution is 5.83. The number of aryl methyl sites for hydroxylation is 1. The smallest absolute Gasteiger partial charge is 0.128 e. The summed E-state index contributed by atoms with van der Waals surface area (Å²) in [6.45, 7) is 2.32. The van der Waals surface area contributed by atoms with Gasteiger partial charge in [0, 0.05) is 12.2 Å². The Kier molecular flexibility index (Phi) is 4.58. The minimum atomic E-state index is -0.539. The van der Waals surface area contributed by atoms with Crippen molar-refractivity contribution < 1.29 is 9.50 Å². The van der Waals surface area contributed by atoms with E-state index in [1.165, 1.54) is 6.07 Å². The number of aliphatic hydroxyl groups is 1. The molecule has 23 heavy (non-hydrogen) atoms. The third-order valence-corrected chi connectivity index (χ3v) is 4.08. The Morgan fingerprint density at radius 1 is 1.00 bits per heavy atom. The van der Waals surface area contributed by atoms with Crippen LogP contribution in [0.3, 0.4) is 0 Å². The third-order valence-electron chi connectivity index (χ3n) is 4.08. The van der Waals surface area contributed by atoms with Gasteiger partial charge in [0.1, 0.15) is 5.82 Å². The first-order valence-corrected chi connectivity index (χ1v) is 7.80. The molecular formula is C20H20FNO. The van der Waals surface area contributed by atoms with Crippen molar-refractivity contribution in [2.45, 2.75) is 19.4 Å². The van der Waals surface area contributed by atoms with Crippen LogP contribution in [0.2, 0.25) is 0 Å². The highest BCUT2D eigenvalue weighted by Gasteiger charge is 2.08. The van der Waals surface area contributed by atoms with Crippen LogP contribution in [0.4, 0.5) is 10.1 Å². The number of benzene rings is 3. The van der Waals surface area contributed by atoms with Gasteiger partial charge >= 0.3 is 0 Å². The molecule has 0 amide bonds. The van der Waals surface area contributed by atoms with Crippen molar-refractivity contribution in [2.24, 2.45) is 0 Å². The molecule has 0 aromatic heterocycles. The molecule has 3 aromatic carbocycles. The molecule has 0 aliphatic heterocycles. The molecule has 0 bridgehead atoms. The van der Waals surface area contributed by atoms with E-state index in [1.807, 2.05) is 42.5 Å². The van der Waals surface area contributed by atoms with Gasteiger partial charge in [0.25, 0.3) is 0 Å². The molecule has 0 fully saturated rings. The van der Waals surface area contributed by atoms with Gasteiger partial charge in [0.2, 0.25) is 0 Å². The topological polar surface area (TPSA) is 32.3 Å². The van der Waals surface area contributed by atoms with E-state index < -0.39 is 6.10 Å². The summed E-state index contributed by atoms with van der Waals surface area (Å²) < 4.78 is 13.5. The van der Waals surface area contributed by atoms with E-state index in [2.05, 4.69) is 11.4 Å². The number of fused-ring (bicyclic) bond motifs is 1. The molecule has 118 valence electrons. The number of nitrogens with one attached hydrogen (secondary N) is 1. The van der Waals surface area contributed by atoms with Gasteiger partial charge in [-0.05, 0) is 53.4 Å². The molecule has 3 rings (SSSR count). The van der Waals surface area contributed by atoms with Crippen molar-refractivity contribution >= 4 is 16.5 Å². The number of hydrogen-bond acceptors (Lipinski definition) is 2. The van der Waals surface area contributed by atoms with Gasteiger partial charge in [0.05, 0.1) is 6.10 Å². The predicted octanol–water partition coefficient (Wildman–Crippen LogP) is 4.82. The average molecular weight is 309 g/mol.